The zero-order valence-electron chi connectivity index (χ0n) is 18.9. The molecule has 2 unspecified atom stereocenters. The van der Waals surface area contributed by atoms with Crippen LogP contribution in [-0.2, 0) is 9.59 Å². The minimum absolute atomic E-state index is 0.0411. The van der Waals surface area contributed by atoms with E-state index >= 15 is 0 Å². The van der Waals surface area contributed by atoms with Gasteiger partial charge in [0.25, 0.3) is 0 Å². The molecule has 0 saturated carbocycles. The molecule has 0 rings (SSSR count). The summed E-state index contributed by atoms with van der Waals surface area (Å²) in [4.78, 5) is 21.4. The van der Waals surface area contributed by atoms with Gasteiger partial charge in [0.05, 0.1) is 12.5 Å². The van der Waals surface area contributed by atoms with Crippen LogP contribution < -0.4 is 0 Å². The first-order chi connectivity index (χ1) is 14.5. The first kappa shape index (κ1) is 29.0. The van der Waals surface area contributed by atoms with Crippen molar-refractivity contribution in [1.29, 1.82) is 0 Å². The predicted molar refractivity (Wildman–Crippen MR) is 126 cm³/mol. The number of allylic oxidation sites excluding steroid dienone is 1. The number of aliphatic carboxylic acids is 2. The van der Waals surface area contributed by atoms with Gasteiger partial charge in [-0.05, 0) is 19.3 Å². The Morgan fingerprint density at radius 2 is 1.30 bits per heavy atom. The summed E-state index contributed by atoms with van der Waals surface area (Å²) < 4.78 is 0. The molecule has 0 aliphatic carbocycles. The van der Waals surface area contributed by atoms with Crippen LogP contribution >= 0.6 is 11.8 Å². The standard InChI is InChI=1S/C24H44O5S/c1-2-3-4-5-6-7-8-9-10-11-12-13-14-15-16-22(30-20-19-24(28)29)21(25)17-18-23(26)27/h15-16,21-22,25H,2-14,17-20H2,1H3,(H,26,27)(H,28,29)/b16-15-. The molecule has 0 bridgehead atoms. The quantitative estimate of drug-likeness (QED) is 0.131. The molecule has 0 spiro atoms. The molecule has 3 N–H and O–H groups in total. The van der Waals surface area contributed by atoms with Crippen molar-refractivity contribution in [2.45, 2.75) is 121 Å². The third-order valence-corrected chi connectivity index (χ3v) is 6.51. The maximum absolute atomic E-state index is 10.7. The molecule has 0 aromatic heterocycles. The van der Waals surface area contributed by atoms with Gasteiger partial charge in [-0.3, -0.25) is 9.59 Å². The van der Waals surface area contributed by atoms with Crippen molar-refractivity contribution in [3.63, 3.8) is 0 Å². The fourth-order valence-electron chi connectivity index (χ4n) is 3.35. The lowest BCUT2D eigenvalue weighted by Gasteiger charge is -2.18. The lowest BCUT2D eigenvalue weighted by Crippen LogP contribution is -2.23. The van der Waals surface area contributed by atoms with Gasteiger partial charge in [-0.25, -0.2) is 0 Å². The van der Waals surface area contributed by atoms with Crippen molar-refractivity contribution in [2.75, 3.05) is 5.75 Å². The molecular formula is C24H44O5S. The van der Waals surface area contributed by atoms with Crippen molar-refractivity contribution in [3.8, 4) is 0 Å². The SMILES string of the molecule is CCCCCCCCCCCCCC/C=C\C(SCCC(=O)O)C(O)CCC(=O)O. The topological polar surface area (TPSA) is 94.8 Å². The summed E-state index contributed by atoms with van der Waals surface area (Å²) in [7, 11) is 0. The summed E-state index contributed by atoms with van der Waals surface area (Å²) >= 11 is 1.38. The molecule has 0 aliphatic heterocycles. The normalized spacial score (nSPS) is 13.5. The second-order valence-corrected chi connectivity index (χ2v) is 9.37. The van der Waals surface area contributed by atoms with Crippen LogP contribution in [0.25, 0.3) is 0 Å². The molecule has 0 radical (unpaired) electrons. The summed E-state index contributed by atoms with van der Waals surface area (Å²) in [6, 6.07) is 0. The van der Waals surface area contributed by atoms with E-state index in [2.05, 4.69) is 13.0 Å². The second-order valence-electron chi connectivity index (χ2n) is 8.08. The molecule has 0 saturated heterocycles. The Morgan fingerprint density at radius 1 is 0.800 bits per heavy atom. The van der Waals surface area contributed by atoms with E-state index in [9.17, 15) is 14.7 Å². The van der Waals surface area contributed by atoms with Gasteiger partial charge in [-0.1, -0.05) is 89.7 Å². The molecule has 30 heavy (non-hydrogen) atoms. The molecular weight excluding hydrogens is 400 g/mol. The highest BCUT2D eigenvalue weighted by Crippen LogP contribution is 2.21. The van der Waals surface area contributed by atoms with Crippen LogP contribution in [0.2, 0.25) is 0 Å². The third-order valence-electron chi connectivity index (χ3n) is 5.21. The van der Waals surface area contributed by atoms with Gasteiger partial charge in [0.15, 0.2) is 0 Å². The number of hydrogen-bond donors (Lipinski definition) is 3. The Hall–Kier alpha value is -1.01. The van der Waals surface area contributed by atoms with Crippen molar-refractivity contribution in [3.05, 3.63) is 12.2 Å². The summed E-state index contributed by atoms with van der Waals surface area (Å²) in [6.45, 7) is 2.25. The smallest absolute Gasteiger partial charge is 0.304 e. The Morgan fingerprint density at radius 3 is 1.80 bits per heavy atom. The summed E-state index contributed by atoms with van der Waals surface area (Å²) in [5.74, 6) is -1.38. The molecule has 2 atom stereocenters. The van der Waals surface area contributed by atoms with Gasteiger partial charge in [0.1, 0.15) is 0 Å². The largest absolute Gasteiger partial charge is 0.481 e. The second kappa shape index (κ2) is 21.2. The van der Waals surface area contributed by atoms with E-state index in [1.54, 1.807) is 0 Å². The Labute approximate surface area is 187 Å². The molecule has 176 valence electrons. The number of carboxylic acids is 2. The average Bonchev–Trinajstić information content (AvgIpc) is 2.70. The van der Waals surface area contributed by atoms with Gasteiger partial charge in [0.2, 0.25) is 0 Å². The molecule has 5 nitrogen and oxygen atoms in total. The van der Waals surface area contributed by atoms with Gasteiger partial charge < -0.3 is 15.3 Å². The maximum atomic E-state index is 10.7. The summed E-state index contributed by atoms with van der Waals surface area (Å²) in [6.07, 6.45) is 20.1. The lowest BCUT2D eigenvalue weighted by atomic mass is 10.0. The van der Waals surface area contributed by atoms with Gasteiger partial charge >= 0.3 is 11.9 Å². The van der Waals surface area contributed by atoms with Crippen LogP contribution in [0.5, 0.6) is 0 Å². The van der Waals surface area contributed by atoms with Gasteiger partial charge in [-0.15, -0.1) is 0 Å². The van der Waals surface area contributed by atoms with Crippen LogP contribution in [0.15, 0.2) is 12.2 Å². The highest BCUT2D eigenvalue weighted by Gasteiger charge is 2.18. The van der Waals surface area contributed by atoms with E-state index in [1.165, 1.54) is 82.4 Å². The van der Waals surface area contributed by atoms with E-state index in [-0.39, 0.29) is 24.5 Å². The fourth-order valence-corrected chi connectivity index (χ4v) is 4.49. The number of carbonyl (C=O) groups is 2. The number of rotatable bonds is 22. The van der Waals surface area contributed by atoms with E-state index < -0.39 is 18.0 Å². The third kappa shape index (κ3) is 20.3. The van der Waals surface area contributed by atoms with E-state index in [0.29, 0.717) is 5.75 Å². The zero-order chi connectivity index (χ0) is 22.5. The maximum Gasteiger partial charge on any atom is 0.304 e. The van der Waals surface area contributed by atoms with E-state index in [1.807, 2.05) is 6.08 Å². The van der Waals surface area contributed by atoms with Crippen LogP contribution in [0, 0.1) is 0 Å². The fraction of sp³-hybridized carbons (Fsp3) is 0.833. The average molecular weight is 445 g/mol. The number of unbranched alkanes of at least 4 members (excludes halogenated alkanes) is 12. The molecule has 0 amide bonds. The van der Waals surface area contributed by atoms with Crippen LogP contribution in [0.1, 0.15) is 110 Å². The minimum Gasteiger partial charge on any atom is -0.481 e. The highest BCUT2D eigenvalue weighted by molar-refractivity contribution is 8.00. The number of thioether (sulfide) groups is 1. The number of carboxylic acid groups (broad SMARTS) is 2. The lowest BCUT2D eigenvalue weighted by molar-refractivity contribution is -0.138. The first-order valence-electron chi connectivity index (χ1n) is 11.9. The van der Waals surface area contributed by atoms with Crippen molar-refractivity contribution >= 4 is 23.7 Å². The van der Waals surface area contributed by atoms with Crippen molar-refractivity contribution in [1.82, 2.24) is 0 Å². The molecule has 0 heterocycles. The van der Waals surface area contributed by atoms with Crippen molar-refractivity contribution < 1.29 is 24.9 Å². The molecule has 0 aliphatic rings. The Balaban J connectivity index is 3.86. The Kier molecular flexibility index (Phi) is 20.5. The molecule has 0 aromatic carbocycles. The van der Waals surface area contributed by atoms with Gasteiger partial charge in [0, 0.05) is 17.4 Å². The van der Waals surface area contributed by atoms with Crippen LogP contribution in [0.3, 0.4) is 0 Å². The zero-order valence-corrected chi connectivity index (χ0v) is 19.7. The van der Waals surface area contributed by atoms with Crippen LogP contribution in [0.4, 0.5) is 0 Å². The summed E-state index contributed by atoms with van der Waals surface area (Å²) in [5, 5.41) is 27.6. The molecule has 0 fully saturated rings. The predicted octanol–water partition coefficient (Wildman–Crippen LogP) is 6.44. The first-order valence-corrected chi connectivity index (χ1v) is 12.9. The van der Waals surface area contributed by atoms with Crippen molar-refractivity contribution in [2.24, 2.45) is 0 Å². The molecule has 6 heteroatoms. The minimum atomic E-state index is -0.927. The number of aliphatic hydroxyl groups is 1. The monoisotopic (exact) mass is 444 g/mol. The van der Waals surface area contributed by atoms with Gasteiger partial charge in [-0.2, -0.15) is 11.8 Å². The molecule has 0 aromatic rings. The number of aliphatic hydroxyl groups excluding tert-OH is 1. The highest BCUT2D eigenvalue weighted by atomic mass is 32.2. The van der Waals surface area contributed by atoms with E-state index in [4.69, 9.17) is 10.2 Å². The summed E-state index contributed by atoms with van der Waals surface area (Å²) in [5.41, 5.74) is 0. The Bertz CT molecular complexity index is 453. The van der Waals surface area contributed by atoms with E-state index in [0.717, 1.165) is 12.8 Å². The van der Waals surface area contributed by atoms with Crippen LogP contribution in [-0.4, -0.2) is 44.4 Å². The number of hydrogen-bond acceptors (Lipinski definition) is 4.